The first-order valence-corrected chi connectivity index (χ1v) is 13.8. The lowest BCUT2D eigenvalue weighted by atomic mass is 9.76. The molecule has 1 aliphatic carbocycles. The van der Waals surface area contributed by atoms with Gasteiger partial charge in [0.1, 0.15) is 0 Å². The number of aryl methyl sites for hydroxylation is 2. The van der Waals surface area contributed by atoms with Gasteiger partial charge in [0, 0.05) is 38.2 Å². The summed E-state index contributed by atoms with van der Waals surface area (Å²) in [5, 5.41) is 3.20. The van der Waals surface area contributed by atoms with Crippen LogP contribution in [0.4, 0.5) is 0 Å². The highest BCUT2D eigenvalue weighted by Gasteiger charge is 2.39. The first kappa shape index (κ1) is 26.0. The van der Waals surface area contributed by atoms with Crippen molar-refractivity contribution in [3.63, 3.8) is 0 Å². The minimum absolute atomic E-state index is 0.0258. The van der Waals surface area contributed by atoms with Crippen LogP contribution in [0.2, 0.25) is 0 Å². The minimum atomic E-state index is -0.0419. The topological polar surface area (TPSA) is 69.6 Å². The van der Waals surface area contributed by atoms with Crippen molar-refractivity contribution < 1.29 is 19.1 Å². The Kier molecular flexibility index (Phi) is 8.41. The maximum atomic E-state index is 13.0. The van der Waals surface area contributed by atoms with Gasteiger partial charge in [0.2, 0.25) is 0 Å². The van der Waals surface area contributed by atoms with E-state index < -0.39 is 0 Å². The van der Waals surface area contributed by atoms with Crippen LogP contribution in [0.15, 0.2) is 18.3 Å². The molecule has 4 rings (SSSR count). The smallest absolute Gasteiger partial charge is 0.308 e. The Hall–Kier alpha value is -2.08. The Morgan fingerprint density at radius 1 is 1.23 bits per heavy atom. The van der Waals surface area contributed by atoms with Gasteiger partial charge in [-0.15, -0.1) is 0 Å². The standard InChI is InChI=1S/C29H44N2O4/c1-5-22-18-31(25-17-29(11-15-34-16-12-29)19-30-27(32)26(22)25)13-6-14-35-28(33)24-9-7-23(8-10-24)21(4)20(2)3/h18,20,23-24H,4-17,19H2,1-3H3,(H,30,32). The summed E-state index contributed by atoms with van der Waals surface area (Å²) >= 11 is 0. The van der Waals surface area contributed by atoms with Gasteiger partial charge in [-0.3, -0.25) is 9.59 Å². The third-order valence-electron chi connectivity index (χ3n) is 8.71. The predicted octanol–water partition coefficient (Wildman–Crippen LogP) is 5.09. The van der Waals surface area contributed by atoms with Crippen molar-refractivity contribution >= 4 is 11.9 Å². The Morgan fingerprint density at radius 3 is 2.57 bits per heavy atom. The van der Waals surface area contributed by atoms with E-state index in [4.69, 9.17) is 9.47 Å². The molecule has 2 aliphatic heterocycles. The number of esters is 1. The van der Waals surface area contributed by atoms with Gasteiger partial charge in [-0.25, -0.2) is 0 Å². The maximum absolute atomic E-state index is 13.0. The number of nitrogens with zero attached hydrogens (tertiary/aromatic N) is 1. The lowest BCUT2D eigenvalue weighted by Gasteiger charge is -2.36. The summed E-state index contributed by atoms with van der Waals surface area (Å²) < 4.78 is 13.6. The average Bonchev–Trinajstić information content (AvgIpc) is 3.15. The fraction of sp³-hybridized carbons (Fsp3) is 0.724. The average molecular weight is 485 g/mol. The molecule has 194 valence electrons. The second-order valence-electron chi connectivity index (χ2n) is 11.3. The first-order chi connectivity index (χ1) is 16.8. The van der Waals surface area contributed by atoms with Crippen LogP contribution in [0.3, 0.4) is 0 Å². The molecule has 1 spiro atoms. The summed E-state index contributed by atoms with van der Waals surface area (Å²) in [4.78, 5) is 25.7. The summed E-state index contributed by atoms with van der Waals surface area (Å²) in [5.41, 5.74) is 4.52. The molecule has 1 amide bonds. The van der Waals surface area contributed by atoms with Gasteiger partial charge in [0.15, 0.2) is 0 Å². The van der Waals surface area contributed by atoms with Crippen molar-refractivity contribution in [2.45, 2.75) is 85.1 Å². The Balaban J connectivity index is 1.32. The SMILES string of the molecule is C=C(C(C)C)C1CCC(C(=O)OCCCn2cc(CC)c3c2CC2(CCOCC2)CNC3=O)CC1. The molecule has 0 aromatic carbocycles. The first-order valence-electron chi connectivity index (χ1n) is 13.8. The number of fused-ring (bicyclic) bond motifs is 1. The molecule has 0 radical (unpaired) electrons. The molecule has 6 nitrogen and oxygen atoms in total. The summed E-state index contributed by atoms with van der Waals surface area (Å²) in [6, 6.07) is 0. The van der Waals surface area contributed by atoms with Crippen LogP contribution in [0, 0.1) is 23.2 Å². The number of allylic oxidation sites excluding steroid dienone is 1. The zero-order valence-corrected chi connectivity index (χ0v) is 22.0. The van der Waals surface area contributed by atoms with Gasteiger partial charge in [-0.2, -0.15) is 0 Å². The van der Waals surface area contributed by atoms with Crippen molar-refractivity contribution in [3.05, 3.63) is 35.2 Å². The van der Waals surface area contributed by atoms with Gasteiger partial charge in [0.05, 0.1) is 18.1 Å². The quantitative estimate of drug-likeness (QED) is 0.317. The molecule has 1 aromatic heterocycles. The van der Waals surface area contributed by atoms with Crippen LogP contribution in [0.25, 0.3) is 0 Å². The largest absolute Gasteiger partial charge is 0.465 e. The molecular weight excluding hydrogens is 440 g/mol. The molecule has 35 heavy (non-hydrogen) atoms. The highest BCUT2D eigenvalue weighted by Crippen LogP contribution is 2.38. The second-order valence-corrected chi connectivity index (χ2v) is 11.3. The third kappa shape index (κ3) is 5.84. The van der Waals surface area contributed by atoms with Crippen LogP contribution in [0.5, 0.6) is 0 Å². The number of hydrogen-bond acceptors (Lipinski definition) is 4. The molecule has 6 heteroatoms. The number of hydrogen-bond donors (Lipinski definition) is 1. The van der Waals surface area contributed by atoms with Crippen molar-refractivity contribution in [2.75, 3.05) is 26.4 Å². The van der Waals surface area contributed by atoms with Crippen molar-refractivity contribution in [3.8, 4) is 0 Å². The number of aromatic nitrogens is 1. The van der Waals surface area contributed by atoms with E-state index in [-0.39, 0.29) is 23.2 Å². The van der Waals surface area contributed by atoms with Crippen LogP contribution >= 0.6 is 0 Å². The van der Waals surface area contributed by atoms with Crippen molar-refractivity contribution in [1.82, 2.24) is 9.88 Å². The van der Waals surface area contributed by atoms with E-state index in [1.165, 1.54) is 5.57 Å². The fourth-order valence-electron chi connectivity index (χ4n) is 6.22. The van der Waals surface area contributed by atoms with Crippen LogP contribution < -0.4 is 5.32 Å². The minimum Gasteiger partial charge on any atom is -0.465 e. The highest BCUT2D eigenvalue weighted by molar-refractivity contribution is 5.97. The van der Waals surface area contributed by atoms with Gasteiger partial charge in [-0.1, -0.05) is 32.9 Å². The molecule has 0 atom stereocenters. The van der Waals surface area contributed by atoms with E-state index in [1.54, 1.807) is 0 Å². The van der Waals surface area contributed by atoms with E-state index in [0.29, 0.717) is 18.4 Å². The molecule has 3 aliphatic rings. The lowest BCUT2D eigenvalue weighted by Crippen LogP contribution is -2.40. The summed E-state index contributed by atoms with van der Waals surface area (Å²) in [7, 11) is 0. The summed E-state index contributed by atoms with van der Waals surface area (Å²) in [6.07, 6.45) is 10.5. The van der Waals surface area contributed by atoms with Gasteiger partial charge in [0.25, 0.3) is 5.91 Å². The van der Waals surface area contributed by atoms with Gasteiger partial charge in [-0.05, 0) is 80.6 Å². The molecular formula is C29H44N2O4. The van der Waals surface area contributed by atoms with Crippen LogP contribution in [0.1, 0.15) is 87.3 Å². The number of amides is 1. The zero-order chi connectivity index (χ0) is 25.0. The molecule has 0 bridgehead atoms. The van der Waals surface area contributed by atoms with Gasteiger partial charge < -0.3 is 19.4 Å². The normalized spacial score (nSPS) is 24.1. The maximum Gasteiger partial charge on any atom is 0.308 e. The van der Waals surface area contributed by atoms with Gasteiger partial charge >= 0.3 is 5.97 Å². The molecule has 1 aromatic rings. The Labute approximate surface area is 210 Å². The molecule has 1 saturated carbocycles. The van der Waals surface area contributed by atoms with E-state index in [9.17, 15) is 9.59 Å². The number of rotatable bonds is 8. The van der Waals surface area contributed by atoms with E-state index in [1.807, 2.05) is 0 Å². The third-order valence-corrected chi connectivity index (χ3v) is 8.71. The zero-order valence-electron chi connectivity index (χ0n) is 22.0. The summed E-state index contributed by atoms with van der Waals surface area (Å²) in [6.45, 7) is 14.2. The lowest BCUT2D eigenvalue weighted by molar-refractivity contribution is -0.150. The van der Waals surface area contributed by atoms with E-state index in [2.05, 4.69) is 43.4 Å². The molecule has 0 unspecified atom stereocenters. The number of ether oxygens (including phenoxy) is 2. The predicted molar refractivity (Wildman–Crippen MR) is 137 cm³/mol. The van der Waals surface area contributed by atoms with Crippen molar-refractivity contribution in [1.29, 1.82) is 0 Å². The number of nitrogens with one attached hydrogen (secondary N) is 1. The van der Waals surface area contributed by atoms with Crippen LogP contribution in [-0.4, -0.2) is 42.8 Å². The molecule has 2 fully saturated rings. The Bertz CT molecular complexity index is 917. The number of carbonyl (C=O) groups excluding carboxylic acids is 2. The number of carbonyl (C=O) groups is 2. The second kappa shape index (κ2) is 11.3. The molecule has 3 heterocycles. The Morgan fingerprint density at radius 2 is 1.91 bits per heavy atom. The highest BCUT2D eigenvalue weighted by atomic mass is 16.5. The summed E-state index contributed by atoms with van der Waals surface area (Å²) in [5.74, 6) is 1.10. The van der Waals surface area contributed by atoms with Crippen LogP contribution in [-0.2, 0) is 33.7 Å². The fourth-order valence-corrected chi connectivity index (χ4v) is 6.22. The molecule has 1 saturated heterocycles. The van der Waals surface area contributed by atoms with E-state index >= 15 is 0 Å². The van der Waals surface area contributed by atoms with E-state index in [0.717, 1.165) is 101 Å². The molecule has 1 N–H and O–H groups in total. The monoisotopic (exact) mass is 484 g/mol. The van der Waals surface area contributed by atoms with Crippen molar-refractivity contribution in [2.24, 2.45) is 23.2 Å².